The van der Waals surface area contributed by atoms with Gasteiger partial charge in [-0.2, -0.15) is 5.26 Å². The van der Waals surface area contributed by atoms with Crippen molar-refractivity contribution in [1.29, 1.82) is 5.26 Å². The Morgan fingerprint density at radius 1 is 1.17 bits per heavy atom. The van der Waals surface area contributed by atoms with Crippen LogP contribution in [0.3, 0.4) is 0 Å². The predicted molar refractivity (Wildman–Crippen MR) is 177 cm³/mol. The lowest BCUT2D eigenvalue weighted by Gasteiger charge is -2.32. The first kappa shape index (κ1) is 34.5. The van der Waals surface area contributed by atoms with E-state index in [1.54, 1.807) is 31.7 Å². The molecule has 2 unspecified atom stereocenters. The van der Waals surface area contributed by atoms with Gasteiger partial charge in [-0.15, -0.1) is 16.0 Å². The third-order valence-corrected chi connectivity index (χ3v) is 9.15. The van der Waals surface area contributed by atoms with Crippen molar-refractivity contribution in [2.24, 2.45) is 11.7 Å². The van der Waals surface area contributed by atoms with Crippen LogP contribution in [0.4, 0.5) is 8.78 Å². The Kier molecular flexibility index (Phi) is 10.7. The van der Waals surface area contributed by atoms with Gasteiger partial charge in [-0.25, -0.2) is 18.3 Å². The van der Waals surface area contributed by atoms with Gasteiger partial charge in [-0.05, 0) is 79.8 Å². The number of carbonyl (C=O) groups excluding carboxylic acids is 1. The molecule has 2 heterocycles. The summed E-state index contributed by atoms with van der Waals surface area (Å²) in [6.07, 6.45) is 4.46. The van der Waals surface area contributed by atoms with Gasteiger partial charge < -0.3 is 15.6 Å². The highest BCUT2D eigenvalue weighted by Gasteiger charge is 2.41. The van der Waals surface area contributed by atoms with Crippen molar-refractivity contribution in [2.75, 3.05) is 6.54 Å². The fourth-order valence-electron chi connectivity index (χ4n) is 5.72. The second-order valence-electron chi connectivity index (χ2n) is 12.0. The average Bonchev–Trinajstić information content (AvgIpc) is 3.71. The normalized spacial score (nSPS) is 13.1. The quantitative estimate of drug-likeness (QED) is 0.0958. The lowest BCUT2D eigenvalue weighted by Crippen LogP contribution is -2.41. The molecule has 0 bridgehead atoms. The van der Waals surface area contributed by atoms with E-state index in [9.17, 15) is 14.3 Å². The van der Waals surface area contributed by atoms with Gasteiger partial charge in [-0.1, -0.05) is 25.1 Å². The molecular weight excluding hydrogens is 634 g/mol. The van der Waals surface area contributed by atoms with Crippen molar-refractivity contribution >= 4 is 17.3 Å². The van der Waals surface area contributed by atoms with Gasteiger partial charge in [0.2, 0.25) is 6.33 Å². The van der Waals surface area contributed by atoms with Crippen LogP contribution in [0.15, 0.2) is 72.6 Å². The third-order valence-electron chi connectivity index (χ3n) is 8.27. The Bertz CT molecular complexity index is 1930. The number of thiazole rings is 1. The van der Waals surface area contributed by atoms with E-state index in [0.717, 1.165) is 45.1 Å². The molecule has 2 atom stereocenters. The van der Waals surface area contributed by atoms with E-state index >= 15 is 4.39 Å². The van der Waals surface area contributed by atoms with E-state index in [1.807, 2.05) is 48.1 Å². The van der Waals surface area contributed by atoms with Gasteiger partial charge in [0.05, 0.1) is 28.9 Å². The Labute approximate surface area is 281 Å². The number of aliphatic hydroxyl groups is 1. The average molecular weight is 672 g/mol. The van der Waals surface area contributed by atoms with Gasteiger partial charge in [-0.3, -0.25) is 4.79 Å². The number of nitriles is 1. The predicted octanol–water partition coefficient (Wildman–Crippen LogP) is 5.52. The van der Waals surface area contributed by atoms with Gasteiger partial charge >= 0.3 is 5.97 Å². The summed E-state index contributed by atoms with van der Waals surface area (Å²) in [5, 5.41) is 28.4. The molecule has 248 valence electrons. The molecule has 3 N–H and O–H groups in total. The summed E-state index contributed by atoms with van der Waals surface area (Å²) in [5.74, 6) is -1.93. The molecule has 5 rings (SSSR count). The number of hydrogen-bond donors (Lipinski definition) is 2. The second-order valence-corrected chi connectivity index (χ2v) is 13.0. The van der Waals surface area contributed by atoms with Crippen molar-refractivity contribution in [3.8, 4) is 23.1 Å². The van der Waals surface area contributed by atoms with Crippen molar-refractivity contribution in [3.05, 3.63) is 117 Å². The van der Waals surface area contributed by atoms with Crippen LogP contribution in [0.2, 0.25) is 0 Å². The summed E-state index contributed by atoms with van der Waals surface area (Å²) in [6.45, 7) is 6.32. The van der Waals surface area contributed by atoms with E-state index in [1.165, 1.54) is 22.1 Å². The van der Waals surface area contributed by atoms with Gasteiger partial charge in [0.25, 0.3) is 6.33 Å². The Morgan fingerprint density at radius 2 is 1.90 bits per heavy atom. The van der Waals surface area contributed by atoms with Crippen LogP contribution in [0.1, 0.15) is 52.6 Å². The minimum absolute atomic E-state index is 0.0369. The number of benzene rings is 3. The Morgan fingerprint density at radius 3 is 2.56 bits per heavy atom. The number of aromatic nitrogens is 4. The lowest BCUT2D eigenvalue weighted by atomic mass is 9.80. The first-order valence-electron chi connectivity index (χ1n) is 15.5. The number of aryl methyl sites for hydroxylation is 2. The minimum Gasteiger partial charge on any atom is -0.426 e. The molecule has 0 radical (unpaired) electrons. The number of carbonyl (C=O) groups is 1. The molecule has 0 aliphatic heterocycles. The van der Waals surface area contributed by atoms with E-state index < -0.39 is 23.2 Å². The van der Waals surface area contributed by atoms with Crippen LogP contribution in [-0.2, 0) is 29.9 Å². The Hall–Kier alpha value is -4.83. The van der Waals surface area contributed by atoms with Crippen molar-refractivity contribution in [2.45, 2.75) is 58.7 Å². The summed E-state index contributed by atoms with van der Waals surface area (Å²) in [5.41, 5.74) is 8.42. The van der Waals surface area contributed by atoms with Gasteiger partial charge in [0.1, 0.15) is 29.5 Å². The number of halogens is 2. The molecule has 0 amide bonds. The molecule has 0 aliphatic rings. The highest BCUT2D eigenvalue weighted by atomic mass is 32.1. The largest absolute Gasteiger partial charge is 0.426 e. The molecule has 0 fully saturated rings. The molecule has 0 spiro atoms. The monoisotopic (exact) mass is 671 g/mol. The number of esters is 1. The van der Waals surface area contributed by atoms with E-state index in [0.29, 0.717) is 37.2 Å². The second kappa shape index (κ2) is 14.9. The molecule has 48 heavy (non-hydrogen) atoms. The van der Waals surface area contributed by atoms with Crippen molar-refractivity contribution < 1.29 is 28.0 Å². The number of ether oxygens (including phenoxy) is 1. The molecule has 3 aromatic carbocycles. The fraction of sp³-hybridized carbons (Fsp3) is 0.306. The van der Waals surface area contributed by atoms with E-state index in [4.69, 9.17) is 20.7 Å². The summed E-state index contributed by atoms with van der Waals surface area (Å²) in [7, 11) is 0. The maximum absolute atomic E-state index is 15.3. The summed E-state index contributed by atoms with van der Waals surface area (Å²) < 4.78 is 38.2. The van der Waals surface area contributed by atoms with Crippen LogP contribution in [0.5, 0.6) is 5.75 Å². The van der Waals surface area contributed by atoms with E-state index in [2.05, 4.69) is 11.2 Å². The summed E-state index contributed by atoms with van der Waals surface area (Å²) in [6, 6.07) is 16.3. The molecule has 0 aliphatic carbocycles. The number of hydrogen-bond acceptors (Lipinski definition) is 8. The summed E-state index contributed by atoms with van der Waals surface area (Å²) >= 11 is 1.42. The summed E-state index contributed by atoms with van der Waals surface area (Å²) in [4.78, 5) is 16.9. The Balaban J connectivity index is 1.36. The van der Waals surface area contributed by atoms with Crippen LogP contribution in [-0.4, -0.2) is 32.4 Å². The first-order chi connectivity index (χ1) is 23.0. The zero-order chi connectivity index (χ0) is 34.4. The molecule has 5 aromatic rings. The molecular formula is C36H37F2N6O3S+. The number of rotatable bonds is 13. The molecule has 2 aromatic heterocycles. The third kappa shape index (κ3) is 7.99. The van der Waals surface area contributed by atoms with Crippen LogP contribution in [0, 0.1) is 42.7 Å². The lowest BCUT2D eigenvalue weighted by molar-refractivity contribution is -0.689. The molecule has 9 nitrogen and oxygen atoms in total. The van der Waals surface area contributed by atoms with Crippen molar-refractivity contribution in [3.63, 3.8) is 0 Å². The zero-order valence-electron chi connectivity index (χ0n) is 27.0. The topological polar surface area (TPSA) is 131 Å². The van der Waals surface area contributed by atoms with E-state index in [-0.39, 0.29) is 24.5 Å². The highest BCUT2D eigenvalue weighted by molar-refractivity contribution is 7.09. The van der Waals surface area contributed by atoms with Gasteiger partial charge in [0.15, 0.2) is 0 Å². The molecule has 12 heteroatoms. The minimum atomic E-state index is -1.77. The maximum Gasteiger partial charge on any atom is 0.311 e. The standard InChI is InChI=1S/C36H37F2N6O3S/c1-23-13-27(14-24(2)35(23)47-34(45)5-4-12-39)18-43-21-41-44(22-43)20-36(46,30-11-10-29(37)16-31(30)38)25(3)15-33-42-32(19-48-33)28-8-6-26(17-40)7-9-28/h6-11,13-14,16,19,21-22,25,46H,4-5,12,15,18,20,39H2,1-3H3/q+1. The molecule has 0 saturated heterocycles. The van der Waals surface area contributed by atoms with Gasteiger partial charge in [0, 0.05) is 40.5 Å². The zero-order valence-corrected chi connectivity index (χ0v) is 27.8. The number of nitrogens with zero attached hydrogens (tertiary/aromatic N) is 5. The highest BCUT2D eigenvalue weighted by Crippen LogP contribution is 2.36. The number of nitrogens with two attached hydrogens (primary N) is 1. The van der Waals surface area contributed by atoms with Crippen LogP contribution >= 0.6 is 11.3 Å². The van der Waals surface area contributed by atoms with Crippen LogP contribution in [0.25, 0.3) is 11.3 Å². The molecule has 0 saturated carbocycles. The van der Waals surface area contributed by atoms with Crippen molar-refractivity contribution in [1.82, 2.24) is 14.8 Å². The first-order valence-corrected chi connectivity index (χ1v) is 16.4. The fourth-order valence-corrected chi connectivity index (χ4v) is 6.65. The van der Waals surface area contributed by atoms with Crippen LogP contribution < -0.4 is 15.0 Å². The maximum atomic E-state index is 15.3. The smallest absolute Gasteiger partial charge is 0.311 e. The SMILES string of the molecule is Cc1cc(C[n+]2cnn(CC(O)(c3ccc(F)cc3F)C(C)Cc3nc(-c4ccc(C#N)cc4)cs3)c2)cc(C)c1OC(=O)CCCN.